The second kappa shape index (κ2) is 7.40. The molecule has 1 aromatic rings. The normalized spacial score (nSPS) is 11.1. The van der Waals surface area contributed by atoms with Gasteiger partial charge >= 0.3 is 0 Å². The van der Waals surface area contributed by atoms with Crippen molar-refractivity contribution in [3.63, 3.8) is 0 Å². The zero-order chi connectivity index (χ0) is 16.9. The van der Waals surface area contributed by atoms with Crippen molar-refractivity contribution in [1.29, 1.82) is 0 Å². The Kier molecular flexibility index (Phi) is 6.11. The van der Waals surface area contributed by atoms with Gasteiger partial charge in [0, 0.05) is 18.7 Å². The predicted octanol–water partition coefficient (Wildman–Crippen LogP) is 1.52. The average molecular weight is 326 g/mol. The van der Waals surface area contributed by atoms with E-state index in [9.17, 15) is 18.0 Å². The molecule has 0 bridgehead atoms. The molecule has 0 aliphatic heterocycles. The summed E-state index contributed by atoms with van der Waals surface area (Å²) in [7, 11) is -3.60. The van der Waals surface area contributed by atoms with Gasteiger partial charge in [0.05, 0.1) is 11.9 Å². The van der Waals surface area contributed by atoms with Crippen LogP contribution in [0.3, 0.4) is 0 Å². The van der Waals surface area contributed by atoms with Gasteiger partial charge in [-0.25, -0.2) is 8.42 Å². The van der Waals surface area contributed by atoms with Crippen LogP contribution in [0.25, 0.3) is 0 Å². The first kappa shape index (κ1) is 18.2. The summed E-state index contributed by atoms with van der Waals surface area (Å²) in [6.07, 6.45) is 1.06. The first-order chi connectivity index (χ1) is 10.2. The molecule has 122 valence electrons. The largest absolute Gasteiger partial charge is 0.342 e. The second-order valence-electron chi connectivity index (χ2n) is 4.94. The molecule has 0 aromatic heterocycles. The highest BCUT2D eigenvalue weighted by Crippen LogP contribution is 2.18. The number of hydrogen-bond acceptors (Lipinski definition) is 4. The van der Waals surface area contributed by atoms with Gasteiger partial charge in [-0.1, -0.05) is 0 Å². The summed E-state index contributed by atoms with van der Waals surface area (Å²) in [5.41, 5.74) is 0.861. The molecule has 1 amide bonds. The number of rotatable bonds is 7. The minimum Gasteiger partial charge on any atom is -0.342 e. The zero-order valence-electron chi connectivity index (χ0n) is 13.4. The Labute approximate surface area is 131 Å². The average Bonchev–Trinajstić information content (AvgIpc) is 2.45. The molecule has 7 heteroatoms. The van der Waals surface area contributed by atoms with E-state index in [1.807, 2.05) is 13.8 Å². The van der Waals surface area contributed by atoms with Crippen LogP contribution in [0.4, 0.5) is 5.69 Å². The Balaban J connectivity index is 3.09. The SMILES string of the molecule is CCN(CC)C(=O)CN(c1ccc(C(C)=O)cc1)S(C)(=O)=O. The van der Waals surface area contributed by atoms with E-state index in [1.54, 1.807) is 17.0 Å². The Morgan fingerprint density at radius 3 is 1.91 bits per heavy atom. The van der Waals surface area contributed by atoms with Gasteiger partial charge in [0.1, 0.15) is 6.54 Å². The highest BCUT2D eigenvalue weighted by Gasteiger charge is 2.23. The number of anilines is 1. The molecule has 0 radical (unpaired) electrons. The highest BCUT2D eigenvalue weighted by atomic mass is 32.2. The van der Waals surface area contributed by atoms with Crippen LogP contribution in [0.5, 0.6) is 0 Å². The summed E-state index contributed by atoms with van der Waals surface area (Å²) in [5, 5.41) is 0. The lowest BCUT2D eigenvalue weighted by Crippen LogP contribution is -2.42. The Bertz CT molecular complexity index is 634. The maximum absolute atomic E-state index is 12.2. The first-order valence-corrected chi connectivity index (χ1v) is 8.92. The molecule has 0 fully saturated rings. The number of likely N-dealkylation sites (N-methyl/N-ethyl adjacent to an activating group) is 1. The standard InChI is InChI=1S/C15H22N2O4S/c1-5-16(6-2)15(19)11-17(22(4,20)21)14-9-7-13(8-10-14)12(3)18/h7-10H,5-6,11H2,1-4H3. The van der Waals surface area contributed by atoms with Crippen LogP contribution in [0.2, 0.25) is 0 Å². The number of benzene rings is 1. The molecule has 6 nitrogen and oxygen atoms in total. The topological polar surface area (TPSA) is 74.8 Å². The smallest absolute Gasteiger partial charge is 0.243 e. The van der Waals surface area contributed by atoms with Crippen molar-refractivity contribution in [2.45, 2.75) is 20.8 Å². The Hall–Kier alpha value is -1.89. The molecule has 0 saturated carbocycles. The molecule has 0 atom stereocenters. The van der Waals surface area contributed by atoms with Crippen LogP contribution in [-0.4, -0.2) is 50.9 Å². The van der Waals surface area contributed by atoms with Gasteiger partial charge in [0.2, 0.25) is 15.9 Å². The van der Waals surface area contributed by atoms with Crippen molar-refractivity contribution in [3.8, 4) is 0 Å². The van der Waals surface area contributed by atoms with E-state index in [0.717, 1.165) is 10.6 Å². The van der Waals surface area contributed by atoms with Crippen LogP contribution in [-0.2, 0) is 14.8 Å². The quantitative estimate of drug-likeness (QED) is 0.712. The van der Waals surface area contributed by atoms with E-state index >= 15 is 0 Å². The fourth-order valence-electron chi connectivity index (χ4n) is 2.06. The highest BCUT2D eigenvalue weighted by molar-refractivity contribution is 7.92. The molecule has 1 aromatic carbocycles. The number of carbonyl (C=O) groups is 2. The van der Waals surface area contributed by atoms with E-state index in [1.165, 1.54) is 19.1 Å². The van der Waals surface area contributed by atoms with Gasteiger partial charge in [-0.3, -0.25) is 13.9 Å². The Morgan fingerprint density at radius 1 is 1.05 bits per heavy atom. The van der Waals surface area contributed by atoms with Gasteiger partial charge < -0.3 is 4.90 Å². The first-order valence-electron chi connectivity index (χ1n) is 7.07. The summed E-state index contributed by atoms with van der Waals surface area (Å²) in [6.45, 7) is 5.92. The summed E-state index contributed by atoms with van der Waals surface area (Å²) in [6, 6.07) is 6.18. The van der Waals surface area contributed by atoms with E-state index in [-0.39, 0.29) is 18.2 Å². The maximum Gasteiger partial charge on any atom is 0.243 e. The summed E-state index contributed by atoms with van der Waals surface area (Å²) < 4.78 is 25.0. The van der Waals surface area contributed by atoms with Crippen LogP contribution in [0, 0.1) is 0 Å². The number of Topliss-reactive ketones (excluding diaryl/α,β-unsaturated/α-hetero) is 1. The molecular formula is C15H22N2O4S. The molecule has 0 aliphatic rings. The number of carbonyl (C=O) groups excluding carboxylic acids is 2. The lowest BCUT2D eigenvalue weighted by atomic mass is 10.1. The lowest BCUT2D eigenvalue weighted by molar-refractivity contribution is -0.129. The summed E-state index contributed by atoms with van der Waals surface area (Å²) in [5.74, 6) is -0.359. The summed E-state index contributed by atoms with van der Waals surface area (Å²) in [4.78, 5) is 25.0. The molecule has 0 N–H and O–H groups in total. The molecule has 22 heavy (non-hydrogen) atoms. The van der Waals surface area contributed by atoms with Crippen molar-refractivity contribution in [1.82, 2.24) is 4.90 Å². The summed E-state index contributed by atoms with van der Waals surface area (Å²) >= 11 is 0. The van der Waals surface area contributed by atoms with Crippen LogP contribution >= 0.6 is 0 Å². The van der Waals surface area contributed by atoms with Gasteiger partial charge in [-0.05, 0) is 45.0 Å². The molecule has 0 spiro atoms. The minimum absolute atomic E-state index is 0.100. The number of amides is 1. The van der Waals surface area contributed by atoms with Crippen molar-refractivity contribution in [2.24, 2.45) is 0 Å². The van der Waals surface area contributed by atoms with Gasteiger partial charge in [-0.15, -0.1) is 0 Å². The molecule has 1 rings (SSSR count). The molecule has 0 heterocycles. The lowest BCUT2D eigenvalue weighted by Gasteiger charge is -2.26. The molecule has 0 unspecified atom stereocenters. The van der Waals surface area contributed by atoms with Gasteiger partial charge in [-0.2, -0.15) is 0 Å². The maximum atomic E-state index is 12.2. The van der Waals surface area contributed by atoms with E-state index in [2.05, 4.69) is 0 Å². The van der Waals surface area contributed by atoms with Crippen molar-refractivity contribution in [2.75, 3.05) is 30.2 Å². The third-order valence-electron chi connectivity index (χ3n) is 3.36. The number of ketones is 1. The fourth-order valence-corrected chi connectivity index (χ4v) is 2.91. The third kappa shape index (κ3) is 4.56. The van der Waals surface area contributed by atoms with E-state index in [0.29, 0.717) is 24.3 Å². The minimum atomic E-state index is -3.60. The van der Waals surface area contributed by atoms with Crippen LogP contribution in [0.1, 0.15) is 31.1 Å². The number of nitrogens with zero attached hydrogens (tertiary/aromatic N) is 2. The second-order valence-corrected chi connectivity index (χ2v) is 6.85. The zero-order valence-corrected chi connectivity index (χ0v) is 14.2. The van der Waals surface area contributed by atoms with Gasteiger partial charge in [0.25, 0.3) is 0 Å². The number of sulfonamides is 1. The van der Waals surface area contributed by atoms with Gasteiger partial charge in [0.15, 0.2) is 5.78 Å². The predicted molar refractivity (Wildman–Crippen MR) is 86.6 cm³/mol. The molecular weight excluding hydrogens is 304 g/mol. The van der Waals surface area contributed by atoms with E-state index < -0.39 is 10.0 Å². The number of hydrogen-bond donors (Lipinski definition) is 0. The molecule has 0 aliphatic carbocycles. The molecule has 0 saturated heterocycles. The van der Waals surface area contributed by atoms with Crippen molar-refractivity contribution < 1.29 is 18.0 Å². The third-order valence-corrected chi connectivity index (χ3v) is 4.50. The van der Waals surface area contributed by atoms with Crippen LogP contribution in [0.15, 0.2) is 24.3 Å². The van der Waals surface area contributed by atoms with Crippen molar-refractivity contribution >= 4 is 27.4 Å². The van der Waals surface area contributed by atoms with E-state index in [4.69, 9.17) is 0 Å². The fraction of sp³-hybridized carbons (Fsp3) is 0.467. The monoisotopic (exact) mass is 326 g/mol. The Morgan fingerprint density at radius 2 is 1.55 bits per heavy atom. The van der Waals surface area contributed by atoms with Crippen LogP contribution < -0.4 is 4.31 Å². The van der Waals surface area contributed by atoms with Crippen molar-refractivity contribution in [3.05, 3.63) is 29.8 Å².